The van der Waals surface area contributed by atoms with Crippen LogP contribution in [0, 0.1) is 5.82 Å². The van der Waals surface area contributed by atoms with Crippen molar-refractivity contribution in [3.63, 3.8) is 0 Å². The smallest absolute Gasteiger partial charge is 0.303 e. The highest BCUT2D eigenvalue weighted by molar-refractivity contribution is 7.99. The van der Waals surface area contributed by atoms with Gasteiger partial charge in [-0.15, -0.1) is 23.1 Å². The topological polar surface area (TPSA) is 63.1 Å². The molecule has 0 atom stereocenters. The van der Waals surface area contributed by atoms with Gasteiger partial charge in [0, 0.05) is 23.1 Å². The summed E-state index contributed by atoms with van der Waals surface area (Å²) >= 11 is 3.05. The highest BCUT2D eigenvalue weighted by Crippen LogP contribution is 2.37. The number of hydrogen-bond acceptors (Lipinski definition) is 5. The van der Waals surface area contributed by atoms with E-state index in [1.165, 1.54) is 41.6 Å². The van der Waals surface area contributed by atoms with E-state index in [0.717, 1.165) is 26.4 Å². The van der Waals surface area contributed by atoms with Gasteiger partial charge < -0.3 is 5.11 Å². The van der Waals surface area contributed by atoms with Crippen molar-refractivity contribution >= 4 is 39.3 Å². The lowest BCUT2D eigenvalue weighted by atomic mass is 10.1. The molecule has 0 bridgehead atoms. The van der Waals surface area contributed by atoms with Crippen molar-refractivity contribution in [2.45, 2.75) is 17.9 Å². The van der Waals surface area contributed by atoms with Gasteiger partial charge in [0.1, 0.15) is 22.0 Å². The van der Waals surface area contributed by atoms with Crippen LogP contribution in [0.25, 0.3) is 21.3 Å². The monoisotopic (exact) mass is 348 g/mol. The number of fused-ring (bicyclic) bond motifs is 1. The van der Waals surface area contributed by atoms with Gasteiger partial charge in [0.05, 0.1) is 5.39 Å². The van der Waals surface area contributed by atoms with E-state index in [-0.39, 0.29) is 12.2 Å². The van der Waals surface area contributed by atoms with Crippen LogP contribution in [0.5, 0.6) is 0 Å². The zero-order valence-corrected chi connectivity index (χ0v) is 13.7. The fraction of sp³-hybridized carbons (Fsp3) is 0.188. The second-order valence-corrected chi connectivity index (χ2v) is 6.80. The second-order valence-electron chi connectivity index (χ2n) is 4.86. The lowest BCUT2D eigenvalue weighted by molar-refractivity contribution is -0.137. The largest absolute Gasteiger partial charge is 0.481 e. The van der Waals surface area contributed by atoms with Gasteiger partial charge in [0.25, 0.3) is 0 Å². The third-order valence-electron chi connectivity index (χ3n) is 3.26. The van der Waals surface area contributed by atoms with Crippen molar-refractivity contribution in [3.8, 4) is 11.1 Å². The molecule has 2 aromatic heterocycles. The van der Waals surface area contributed by atoms with E-state index in [4.69, 9.17) is 5.11 Å². The average molecular weight is 348 g/mol. The van der Waals surface area contributed by atoms with E-state index < -0.39 is 5.97 Å². The standard InChI is InChI=1S/C16H13FN2O2S2/c17-11-5-3-10(4-6-11)12-8-23-16-14(12)15(18-9-19-16)22-7-1-2-13(20)21/h3-6,8-9H,1-2,7H2,(H,20,21). The Balaban J connectivity index is 1.91. The number of rotatable bonds is 6. The summed E-state index contributed by atoms with van der Waals surface area (Å²) in [6, 6.07) is 6.34. The molecule has 0 radical (unpaired) electrons. The number of carboxylic acids is 1. The molecule has 2 heterocycles. The van der Waals surface area contributed by atoms with E-state index >= 15 is 0 Å². The second kappa shape index (κ2) is 7.06. The molecule has 0 spiro atoms. The lowest BCUT2D eigenvalue weighted by Crippen LogP contribution is -1.95. The molecule has 0 fully saturated rings. The molecule has 3 rings (SSSR count). The minimum atomic E-state index is -0.791. The number of benzene rings is 1. The molecule has 0 aliphatic heterocycles. The number of aromatic nitrogens is 2. The van der Waals surface area contributed by atoms with E-state index in [0.29, 0.717) is 12.2 Å². The summed E-state index contributed by atoms with van der Waals surface area (Å²) in [7, 11) is 0. The zero-order valence-electron chi connectivity index (χ0n) is 12.0. The fourth-order valence-corrected chi connectivity index (χ4v) is 4.13. The van der Waals surface area contributed by atoms with E-state index in [2.05, 4.69) is 9.97 Å². The maximum Gasteiger partial charge on any atom is 0.303 e. The molecule has 1 N–H and O–H groups in total. The number of hydrogen-bond donors (Lipinski definition) is 1. The predicted molar refractivity (Wildman–Crippen MR) is 90.4 cm³/mol. The Bertz CT molecular complexity index is 834. The Hall–Kier alpha value is -1.99. The number of carbonyl (C=O) groups is 1. The van der Waals surface area contributed by atoms with E-state index in [1.54, 1.807) is 12.1 Å². The van der Waals surface area contributed by atoms with Crippen LogP contribution in [-0.4, -0.2) is 26.8 Å². The molecule has 0 aliphatic rings. The SMILES string of the molecule is O=C(O)CCCSc1ncnc2scc(-c3ccc(F)cc3)c12. The summed E-state index contributed by atoms with van der Waals surface area (Å²) in [5.74, 6) is -0.384. The van der Waals surface area contributed by atoms with Gasteiger partial charge in [-0.2, -0.15) is 0 Å². The Labute approximate surface area is 140 Å². The summed E-state index contributed by atoms with van der Waals surface area (Å²) < 4.78 is 13.1. The maximum atomic E-state index is 13.1. The summed E-state index contributed by atoms with van der Waals surface area (Å²) in [5.41, 5.74) is 1.89. The van der Waals surface area contributed by atoms with Gasteiger partial charge in [-0.25, -0.2) is 14.4 Å². The zero-order chi connectivity index (χ0) is 16.2. The minimum Gasteiger partial charge on any atom is -0.481 e. The predicted octanol–water partition coefficient (Wildman–Crippen LogP) is 4.45. The van der Waals surface area contributed by atoms with Crippen LogP contribution in [0.15, 0.2) is 41.0 Å². The molecule has 7 heteroatoms. The van der Waals surface area contributed by atoms with Gasteiger partial charge in [-0.05, 0) is 24.1 Å². The van der Waals surface area contributed by atoms with Gasteiger partial charge in [-0.1, -0.05) is 12.1 Å². The molecule has 23 heavy (non-hydrogen) atoms. The van der Waals surface area contributed by atoms with Crippen molar-refractivity contribution in [1.82, 2.24) is 9.97 Å². The Morgan fingerprint density at radius 3 is 2.78 bits per heavy atom. The van der Waals surface area contributed by atoms with Crippen LogP contribution in [-0.2, 0) is 4.79 Å². The van der Waals surface area contributed by atoms with Gasteiger partial charge in [0.15, 0.2) is 0 Å². The third-order valence-corrected chi connectivity index (χ3v) is 5.23. The van der Waals surface area contributed by atoms with Crippen LogP contribution >= 0.6 is 23.1 Å². The number of thiophene rings is 1. The molecule has 0 aliphatic carbocycles. The van der Waals surface area contributed by atoms with Crippen molar-refractivity contribution < 1.29 is 14.3 Å². The van der Waals surface area contributed by atoms with Gasteiger partial charge in [-0.3, -0.25) is 4.79 Å². The van der Waals surface area contributed by atoms with Crippen LogP contribution in [0.3, 0.4) is 0 Å². The van der Waals surface area contributed by atoms with Crippen LogP contribution in [0.2, 0.25) is 0 Å². The van der Waals surface area contributed by atoms with Crippen LogP contribution in [0.1, 0.15) is 12.8 Å². The minimum absolute atomic E-state index is 0.148. The molecular formula is C16H13FN2O2S2. The van der Waals surface area contributed by atoms with Crippen molar-refractivity contribution in [2.75, 3.05) is 5.75 Å². The van der Waals surface area contributed by atoms with Crippen molar-refractivity contribution in [2.24, 2.45) is 0 Å². The summed E-state index contributed by atoms with van der Waals surface area (Å²) in [6.45, 7) is 0. The van der Waals surface area contributed by atoms with Crippen molar-refractivity contribution in [1.29, 1.82) is 0 Å². The quantitative estimate of drug-likeness (QED) is 0.405. The number of thioether (sulfide) groups is 1. The fourth-order valence-electron chi connectivity index (χ4n) is 2.19. The Kier molecular flexibility index (Phi) is 4.88. The molecule has 1 aromatic carbocycles. The number of halogens is 1. The van der Waals surface area contributed by atoms with Crippen LogP contribution in [0.4, 0.5) is 4.39 Å². The summed E-state index contributed by atoms with van der Waals surface area (Å²) in [6.07, 6.45) is 2.25. The van der Waals surface area contributed by atoms with Gasteiger partial charge >= 0.3 is 5.97 Å². The Morgan fingerprint density at radius 2 is 2.04 bits per heavy atom. The van der Waals surface area contributed by atoms with Crippen LogP contribution < -0.4 is 0 Å². The third kappa shape index (κ3) is 3.68. The first-order valence-electron chi connectivity index (χ1n) is 6.98. The molecule has 0 amide bonds. The number of carboxylic acid groups (broad SMARTS) is 1. The molecule has 0 saturated carbocycles. The molecule has 0 saturated heterocycles. The number of aliphatic carboxylic acids is 1. The highest BCUT2D eigenvalue weighted by atomic mass is 32.2. The number of nitrogens with zero attached hydrogens (tertiary/aromatic N) is 2. The normalized spacial score (nSPS) is 11.0. The van der Waals surface area contributed by atoms with Crippen molar-refractivity contribution in [3.05, 3.63) is 41.8 Å². The van der Waals surface area contributed by atoms with E-state index in [1.807, 2.05) is 5.38 Å². The first-order valence-corrected chi connectivity index (χ1v) is 8.84. The molecule has 0 unspecified atom stereocenters. The summed E-state index contributed by atoms with van der Waals surface area (Å²) in [5, 5.41) is 12.5. The average Bonchev–Trinajstić information content (AvgIpc) is 2.97. The van der Waals surface area contributed by atoms with Gasteiger partial charge in [0.2, 0.25) is 0 Å². The lowest BCUT2D eigenvalue weighted by Gasteiger charge is -2.05. The van der Waals surface area contributed by atoms with E-state index in [9.17, 15) is 9.18 Å². The first kappa shape index (κ1) is 15.9. The Morgan fingerprint density at radius 1 is 1.26 bits per heavy atom. The highest BCUT2D eigenvalue weighted by Gasteiger charge is 2.13. The summed E-state index contributed by atoms with van der Waals surface area (Å²) in [4.78, 5) is 20.1. The maximum absolute atomic E-state index is 13.1. The molecule has 118 valence electrons. The molecular weight excluding hydrogens is 335 g/mol. The first-order chi connectivity index (χ1) is 11.1. The molecule has 3 aromatic rings. The molecule has 4 nitrogen and oxygen atoms in total.